The molecule has 5 nitrogen and oxygen atoms in total. The van der Waals surface area contributed by atoms with Gasteiger partial charge in [-0.15, -0.1) is 0 Å². The molecule has 0 amide bonds. The molecule has 1 aromatic carbocycles. The summed E-state index contributed by atoms with van der Waals surface area (Å²) in [5, 5.41) is 8.75. The summed E-state index contributed by atoms with van der Waals surface area (Å²) < 4.78 is 0. The zero-order valence-electron chi connectivity index (χ0n) is 10.5. The second-order valence-electron chi connectivity index (χ2n) is 4.54. The Balaban J connectivity index is 1.89. The standard InChI is InChI=1S/C14H17N3O2/c15-13(14(18)19)7-11-3-1-10(2-4-11)5-6-12-8-16-9-17-12/h1-4,8-9,13H,5-7,15H2,(H,16,17)(H,18,19)/t13-/m0/s1. The summed E-state index contributed by atoms with van der Waals surface area (Å²) in [6, 6.07) is 7.06. The maximum Gasteiger partial charge on any atom is 0.320 e. The molecule has 1 atom stereocenters. The third-order valence-corrected chi connectivity index (χ3v) is 3.03. The Morgan fingerprint density at radius 2 is 1.95 bits per heavy atom. The van der Waals surface area contributed by atoms with E-state index in [9.17, 15) is 4.79 Å². The van der Waals surface area contributed by atoms with Gasteiger partial charge in [0.2, 0.25) is 0 Å². The average molecular weight is 259 g/mol. The summed E-state index contributed by atoms with van der Waals surface area (Å²) in [6.07, 6.45) is 5.68. The SMILES string of the molecule is N[C@@H](Cc1ccc(CCc2cnc[nH]2)cc1)C(=O)O. The van der Waals surface area contributed by atoms with Crippen LogP contribution in [-0.4, -0.2) is 27.1 Å². The van der Waals surface area contributed by atoms with Crippen LogP contribution < -0.4 is 5.73 Å². The van der Waals surface area contributed by atoms with E-state index in [0.717, 1.165) is 24.1 Å². The molecule has 1 heterocycles. The van der Waals surface area contributed by atoms with Crippen LogP contribution in [0.5, 0.6) is 0 Å². The lowest BCUT2D eigenvalue weighted by molar-refractivity contribution is -0.138. The minimum atomic E-state index is -0.969. The van der Waals surface area contributed by atoms with Gasteiger partial charge in [-0.3, -0.25) is 4.79 Å². The van der Waals surface area contributed by atoms with Crippen molar-refractivity contribution in [3.63, 3.8) is 0 Å². The smallest absolute Gasteiger partial charge is 0.320 e. The molecular formula is C14H17N3O2. The van der Waals surface area contributed by atoms with Crippen LogP contribution in [0.15, 0.2) is 36.8 Å². The molecule has 2 aromatic rings. The number of carboxylic acids is 1. The summed E-state index contributed by atoms with van der Waals surface area (Å²) in [7, 11) is 0. The zero-order chi connectivity index (χ0) is 13.7. The number of rotatable bonds is 6. The molecule has 0 fully saturated rings. The first-order chi connectivity index (χ1) is 9.15. The van der Waals surface area contributed by atoms with Crippen LogP contribution in [0.2, 0.25) is 0 Å². The fourth-order valence-corrected chi connectivity index (χ4v) is 1.88. The number of aryl methyl sites for hydroxylation is 2. The molecule has 0 aliphatic rings. The topological polar surface area (TPSA) is 92.0 Å². The number of carbonyl (C=O) groups is 1. The van der Waals surface area contributed by atoms with Crippen molar-refractivity contribution in [3.8, 4) is 0 Å². The second-order valence-corrected chi connectivity index (χ2v) is 4.54. The lowest BCUT2D eigenvalue weighted by Gasteiger charge is -2.07. The summed E-state index contributed by atoms with van der Waals surface area (Å²) in [6.45, 7) is 0. The minimum absolute atomic E-state index is 0.357. The molecule has 100 valence electrons. The van der Waals surface area contributed by atoms with Gasteiger partial charge in [-0.05, 0) is 30.4 Å². The number of nitrogens with two attached hydrogens (primary N) is 1. The number of imidazole rings is 1. The molecular weight excluding hydrogens is 242 g/mol. The lowest BCUT2D eigenvalue weighted by Crippen LogP contribution is -2.32. The number of benzene rings is 1. The van der Waals surface area contributed by atoms with Crippen LogP contribution >= 0.6 is 0 Å². The van der Waals surface area contributed by atoms with Crippen LogP contribution in [0.4, 0.5) is 0 Å². The van der Waals surface area contributed by atoms with E-state index < -0.39 is 12.0 Å². The van der Waals surface area contributed by atoms with Gasteiger partial charge in [-0.2, -0.15) is 0 Å². The number of nitrogens with one attached hydrogen (secondary N) is 1. The number of nitrogens with zero attached hydrogens (tertiary/aromatic N) is 1. The fraction of sp³-hybridized carbons (Fsp3) is 0.286. The summed E-state index contributed by atoms with van der Waals surface area (Å²) >= 11 is 0. The van der Waals surface area contributed by atoms with E-state index in [1.54, 1.807) is 6.33 Å². The molecule has 0 bridgehead atoms. The second kappa shape index (κ2) is 6.15. The molecule has 0 aliphatic heterocycles. The Morgan fingerprint density at radius 1 is 1.26 bits per heavy atom. The van der Waals surface area contributed by atoms with Crippen molar-refractivity contribution in [2.75, 3.05) is 0 Å². The Kier molecular flexibility index (Phi) is 4.30. The zero-order valence-corrected chi connectivity index (χ0v) is 10.5. The predicted octanol–water partition coefficient (Wildman–Crippen LogP) is 1.15. The first-order valence-electron chi connectivity index (χ1n) is 6.18. The van der Waals surface area contributed by atoms with Crippen LogP contribution in [0.25, 0.3) is 0 Å². The van der Waals surface area contributed by atoms with E-state index in [0.29, 0.717) is 6.42 Å². The lowest BCUT2D eigenvalue weighted by atomic mass is 10.0. The van der Waals surface area contributed by atoms with Crippen molar-refractivity contribution in [2.24, 2.45) is 5.73 Å². The molecule has 5 heteroatoms. The number of H-pyrrole nitrogens is 1. The maximum absolute atomic E-state index is 10.7. The van der Waals surface area contributed by atoms with Gasteiger partial charge in [0.15, 0.2) is 0 Å². The molecule has 2 rings (SSSR count). The average Bonchev–Trinajstić information content (AvgIpc) is 2.91. The summed E-state index contributed by atoms with van der Waals surface area (Å²) in [5.74, 6) is -0.969. The van der Waals surface area contributed by atoms with Crippen LogP contribution in [0.1, 0.15) is 16.8 Å². The Hall–Kier alpha value is -2.14. The molecule has 0 radical (unpaired) electrons. The van der Waals surface area contributed by atoms with E-state index >= 15 is 0 Å². The number of hydrogen-bond donors (Lipinski definition) is 3. The van der Waals surface area contributed by atoms with Gasteiger partial charge in [0.25, 0.3) is 0 Å². The van der Waals surface area contributed by atoms with Gasteiger partial charge in [-0.25, -0.2) is 4.98 Å². The van der Waals surface area contributed by atoms with E-state index in [-0.39, 0.29) is 0 Å². The summed E-state index contributed by atoms with van der Waals surface area (Å²) in [4.78, 5) is 17.7. The highest BCUT2D eigenvalue weighted by Gasteiger charge is 2.11. The molecule has 4 N–H and O–H groups in total. The first-order valence-corrected chi connectivity index (χ1v) is 6.18. The number of aliphatic carboxylic acids is 1. The van der Waals surface area contributed by atoms with Gasteiger partial charge in [0.05, 0.1) is 6.33 Å². The van der Waals surface area contributed by atoms with Crippen molar-refractivity contribution < 1.29 is 9.90 Å². The van der Waals surface area contributed by atoms with Crippen molar-refractivity contribution >= 4 is 5.97 Å². The first kappa shape index (κ1) is 13.3. The molecule has 19 heavy (non-hydrogen) atoms. The molecule has 0 unspecified atom stereocenters. The Morgan fingerprint density at radius 3 is 2.53 bits per heavy atom. The van der Waals surface area contributed by atoms with Gasteiger partial charge in [-0.1, -0.05) is 24.3 Å². The van der Waals surface area contributed by atoms with E-state index in [1.807, 2.05) is 30.5 Å². The van der Waals surface area contributed by atoms with Gasteiger partial charge < -0.3 is 15.8 Å². The van der Waals surface area contributed by atoms with Crippen molar-refractivity contribution in [2.45, 2.75) is 25.3 Å². The van der Waals surface area contributed by atoms with E-state index in [4.69, 9.17) is 10.8 Å². The third kappa shape index (κ3) is 3.93. The fourth-order valence-electron chi connectivity index (χ4n) is 1.88. The normalized spacial score (nSPS) is 12.3. The monoisotopic (exact) mass is 259 g/mol. The molecule has 0 saturated heterocycles. The molecule has 0 saturated carbocycles. The van der Waals surface area contributed by atoms with Crippen LogP contribution in [0.3, 0.4) is 0 Å². The minimum Gasteiger partial charge on any atom is -0.480 e. The Labute approximate surface area is 111 Å². The number of aromatic amines is 1. The van der Waals surface area contributed by atoms with Crippen LogP contribution in [-0.2, 0) is 24.1 Å². The van der Waals surface area contributed by atoms with Gasteiger partial charge >= 0.3 is 5.97 Å². The largest absolute Gasteiger partial charge is 0.480 e. The highest BCUT2D eigenvalue weighted by Crippen LogP contribution is 2.09. The van der Waals surface area contributed by atoms with Gasteiger partial charge in [0, 0.05) is 11.9 Å². The molecule has 0 aliphatic carbocycles. The van der Waals surface area contributed by atoms with E-state index in [1.165, 1.54) is 5.56 Å². The molecule has 1 aromatic heterocycles. The Bertz CT molecular complexity index is 520. The number of carboxylic acid groups (broad SMARTS) is 1. The number of hydrogen-bond acceptors (Lipinski definition) is 3. The molecule has 0 spiro atoms. The number of aromatic nitrogens is 2. The maximum atomic E-state index is 10.7. The van der Waals surface area contributed by atoms with Crippen molar-refractivity contribution in [1.29, 1.82) is 0 Å². The van der Waals surface area contributed by atoms with Crippen molar-refractivity contribution in [3.05, 3.63) is 53.6 Å². The third-order valence-electron chi connectivity index (χ3n) is 3.03. The van der Waals surface area contributed by atoms with Crippen LogP contribution in [0, 0.1) is 0 Å². The highest BCUT2D eigenvalue weighted by atomic mass is 16.4. The highest BCUT2D eigenvalue weighted by molar-refractivity contribution is 5.73. The quantitative estimate of drug-likeness (QED) is 0.725. The van der Waals surface area contributed by atoms with E-state index in [2.05, 4.69) is 9.97 Å². The summed E-state index contributed by atoms with van der Waals surface area (Å²) in [5.41, 5.74) is 8.76. The predicted molar refractivity (Wildman–Crippen MR) is 71.8 cm³/mol. The van der Waals surface area contributed by atoms with Crippen molar-refractivity contribution in [1.82, 2.24) is 9.97 Å². The van der Waals surface area contributed by atoms with Gasteiger partial charge in [0.1, 0.15) is 6.04 Å².